The molecule has 0 spiro atoms. The fourth-order valence-electron chi connectivity index (χ4n) is 4.26. The summed E-state index contributed by atoms with van der Waals surface area (Å²) in [5.41, 5.74) is 9.00. The van der Waals surface area contributed by atoms with Gasteiger partial charge in [0.1, 0.15) is 0 Å². The number of benzene rings is 1. The molecule has 2 nitrogen and oxygen atoms in total. The molecule has 1 saturated carbocycles. The Morgan fingerprint density at radius 3 is 2.36 bits per heavy atom. The second-order valence-electron chi connectivity index (χ2n) is 8.23. The smallest absolute Gasteiger partial charge is 0.0614 e. The molecular formula is C23H39NO. The summed E-state index contributed by atoms with van der Waals surface area (Å²) in [6.07, 6.45) is 16.1. The Morgan fingerprint density at radius 2 is 1.64 bits per heavy atom. The lowest BCUT2D eigenvalue weighted by Gasteiger charge is -2.35. The maximum Gasteiger partial charge on any atom is 0.0614 e. The maximum absolute atomic E-state index is 9.82. The van der Waals surface area contributed by atoms with Crippen LogP contribution in [0.5, 0.6) is 0 Å². The van der Waals surface area contributed by atoms with Crippen molar-refractivity contribution in [2.24, 2.45) is 11.7 Å². The zero-order valence-electron chi connectivity index (χ0n) is 16.3. The van der Waals surface area contributed by atoms with Crippen molar-refractivity contribution in [3.63, 3.8) is 0 Å². The molecule has 1 aromatic carbocycles. The van der Waals surface area contributed by atoms with Gasteiger partial charge in [-0.15, -0.1) is 0 Å². The van der Waals surface area contributed by atoms with E-state index in [-0.39, 0.29) is 12.1 Å². The summed E-state index contributed by atoms with van der Waals surface area (Å²) in [5.74, 6) is 0.407. The van der Waals surface area contributed by atoms with Crippen molar-refractivity contribution in [2.75, 3.05) is 6.61 Å². The fourth-order valence-corrected chi connectivity index (χ4v) is 4.26. The molecular weight excluding hydrogens is 306 g/mol. The summed E-state index contributed by atoms with van der Waals surface area (Å²) in [6, 6.07) is 9.18. The number of unbranched alkanes of at least 4 members (excludes halogenated alkanes) is 5. The molecule has 0 aliphatic heterocycles. The Morgan fingerprint density at radius 1 is 0.960 bits per heavy atom. The number of aliphatic hydroxyl groups excluding tert-OH is 1. The van der Waals surface area contributed by atoms with E-state index in [1.807, 2.05) is 0 Å². The van der Waals surface area contributed by atoms with Crippen LogP contribution >= 0.6 is 0 Å². The summed E-state index contributed by atoms with van der Waals surface area (Å²) in [6.45, 7) is 2.39. The molecule has 0 bridgehead atoms. The predicted molar refractivity (Wildman–Crippen MR) is 108 cm³/mol. The third kappa shape index (κ3) is 6.75. The van der Waals surface area contributed by atoms with Crippen molar-refractivity contribution < 1.29 is 5.11 Å². The van der Waals surface area contributed by atoms with E-state index in [1.54, 1.807) is 0 Å². The van der Waals surface area contributed by atoms with Gasteiger partial charge in [0, 0.05) is 5.54 Å². The third-order valence-corrected chi connectivity index (χ3v) is 6.13. The number of aliphatic hydroxyl groups is 1. The molecule has 0 aromatic heterocycles. The Bertz CT molecular complexity index is 469. The van der Waals surface area contributed by atoms with Crippen LogP contribution in [-0.4, -0.2) is 17.3 Å². The quantitative estimate of drug-likeness (QED) is 0.440. The minimum Gasteiger partial charge on any atom is -0.394 e. The van der Waals surface area contributed by atoms with Gasteiger partial charge < -0.3 is 10.8 Å². The van der Waals surface area contributed by atoms with Crippen LogP contribution < -0.4 is 5.73 Å². The molecule has 2 rings (SSSR count). The van der Waals surface area contributed by atoms with Gasteiger partial charge in [0.25, 0.3) is 0 Å². The first-order valence-corrected chi connectivity index (χ1v) is 10.7. The third-order valence-electron chi connectivity index (χ3n) is 6.13. The molecule has 0 unspecified atom stereocenters. The highest BCUT2D eigenvalue weighted by molar-refractivity contribution is 5.23. The Balaban J connectivity index is 1.80. The molecule has 2 heteroatoms. The highest BCUT2D eigenvalue weighted by atomic mass is 16.3. The number of nitrogens with two attached hydrogens (primary N) is 1. The second-order valence-corrected chi connectivity index (χ2v) is 8.23. The van der Waals surface area contributed by atoms with Crippen LogP contribution in [0.2, 0.25) is 0 Å². The average Bonchev–Trinajstić information content (AvgIpc) is 2.82. The normalized spacial score (nSPS) is 24.2. The average molecular weight is 346 g/mol. The second kappa shape index (κ2) is 11.0. The van der Waals surface area contributed by atoms with Crippen LogP contribution in [0.3, 0.4) is 0 Å². The molecule has 1 aromatic rings. The predicted octanol–water partition coefficient (Wildman–Crippen LogP) is 5.40. The van der Waals surface area contributed by atoms with Gasteiger partial charge in [-0.05, 0) is 49.1 Å². The van der Waals surface area contributed by atoms with Crippen LogP contribution in [0, 0.1) is 5.92 Å². The highest BCUT2D eigenvalue weighted by Crippen LogP contribution is 2.33. The van der Waals surface area contributed by atoms with Crippen LogP contribution in [-0.2, 0) is 12.8 Å². The first-order valence-electron chi connectivity index (χ1n) is 10.7. The largest absolute Gasteiger partial charge is 0.394 e. The standard InChI is InChI=1S/C23H39NO/c1-2-3-4-5-6-8-11-20-13-15-21(16-14-20)18-22-12-9-7-10-17-23(22,24)19-25/h13-16,22,25H,2-12,17-19,24H2,1H3/t22-,23-/m0/s1. The lowest BCUT2D eigenvalue weighted by atomic mass is 9.77. The minimum absolute atomic E-state index is 0.119. The number of rotatable bonds is 10. The van der Waals surface area contributed by atoms with E-state index >= 15 is 0 Å². The van der Waals surface area contributed by atoms with Crippen LogP contribution in [0.4, 0.5) is 0 Å². The number of hydrogen-bond donors (Lipinski definition) is 2. The zero-order valence-corrected chi connectivity index (χ0v) is 16.3. The van der Waals surface area contributed by atoms with Crippen LogP contribution in [0.15, 0.2) is 24.3 Å². The van der Waals surface area contributed by atoms with Crippen molar-refractivity contribution >= 4 is 0 Å². The zero-order chi connectivity index (χ0) is 18.0. The monoisotopic (exact) mass is 345 g/mol. The van der Waals surface area contributed by atoms with E-state index < -0.39 is 0 Å². The SMILES string of the molecule is CCCCCCCCc1ccc(C[C@@H]2CCCCC[C@]2(N)CO)cc1. The van der Waals surface area contributed by atoms with Crippen LogP contribution in [0.1, 0.15) is 88.7 Å². The van der Waals surface area contributed by atoms with Gasteiger partial charge in [-0.3, -0.25) is 0 Å². The summed E-state index contributed by atoms with van der Waals surface area (Å²) in [5, 5.41) is 9.82. The molecule has 25 heavy (non-hydrogen) atoms. The van der Waals surface area contributed by atoms with Crippen LogP contribution in [0.25, 0.3) is 0 Å². The van der Waals surface area contributed by atoms with E-state index in [9.17, 15) is 5.11 Å². The maximum atomic E-state index is 9.82. The lowest BCUT2D eigenvalue weighted by Crippen LogP contribution is -2.50. The van der Waals surface area contributed by atoms with E-state index in [2.05, 4.69) is 31.2 Å². The molecule has 0 heterocycles. The van der Waals surface area contributed by atoms with Gasteiger partial charge >= 0.3 is 0 Å². The molecule has 0 amide bonds. The summed E-state index contributed by atoms with van der Waals surface area (Å²) < 4.78 is 0. The van der Waals surface area contributed by atoms with E-state index in [4.69, 9.17) is 5.73 Å². The summed E-state index contributed by atoms with van der Waals surface area (Å²) in [7, 11) is 0. The highest BCUT2D eigenvalue weighted by Gasteiger charge is 2.35. The lowest BCUT2D eigenvalue weighted by molar-refractivity contribution is 0.131. The van der Waals surface area contributed by atoms with Crippen molar-refractivity contribution in [3.8, 4) is 0 Å². The van der Waals surface area contributed by atoms with Gasteiger partial charge in [-0.25, -0.2) is 0 Å². The molecule has 0 saturated heterocycles. The molecule has 142 valence electrons. The first-order chi connectivity index (χ1) is 12.2. The van der Waals surface area contributed by atoms with Crippen molar-refractivity contribution in [3.05, 3.63) is 35.4 Å². The summed E-state index contributed by atoms with van der Waals surface area (Å²) >= 11 is 0. The Hall–Kier alpha value is -0.860. The molecule has 0 radical (unpaired) electrons. The van der Waals surface area contributed by atoms with Crippen molar-refractivity contribution in [1.82, 2.24) is 0 Å². The van der Waals surface area contributed by atoms with E-state index in [0.29, 0.717) is 5.92 Å². The first kappa shape index (κ1) is 20.5. The molecule has 1 fully saturated rings. The Kier molecular flexibility index (Phi) is 8.98. The molecule has 2 atom stereocenters. The minimum atomic E-state index is -0.381. The molecule has 1 aliphatic carbocycles. The summed E-state index contributed by atoms with van der Waals surface area (Å²) in [4.78, 5) is 0. The molecule has 1 aliphatic rings. The van der Waals surface area contributed by atoms with E-state index in [1.165, 1.54) is 68.9 Å². The van der Waals surface area contributed by atoms with Gasteiger partial charge in [-0.2, -0.15) is 0 Å². The number of aryl methyl sites for hydroxylation is 1. The van der Waals surface area contributed by atoms with Crippen molar-refractivity contribution in [2.45, 2.75) is 95.9 Å². The van der Waals surface area contributed by atoms with Gasteiger partial charge in [-0.1, -0.05) is 82.6 Å². The topological polar surface area (TPSA) is 46.2 Å². The van der Waals surface area contributed by atoms with E-state index in [0.717, 1.165) is 25.7 Å². The van der Waals surface area contributed by atoms with Gasteiger partial charge in [0.15, 0.2) is 0 Å². The van der Waals surface area contributed by atoms with Gasteiger partial charge in [0.05, 0.1) is 6.61 Å². The fraction of sp³-hybridized carbons (Fsp3) is 0.739. The Labute approximate surface area is 155 Å². The van der Waals surface area contributed by atoms with Crippen molar-refractivity contribution in [1.29, 1.82) is 0 Å². The van der Waals surface area contributed by atoms with Gasteiger partial charge in [0.2, 0.25) is 0 Å². The number of hydrogen-bond acceptors (Lipinski definition) is 2. The molecule has 3 N–H and O–H groups in total.